The van der Waals surface area contributed by atoms with Gasteiger partial charge in [0.05, 0.1) is 18.3 Å². The van der Waals surface area contributed by atoms with Crippen molar-refractivity contribution in [3.63, 3.8) is 0 Å². The summed E-state index contributed by atoms with van der Waals surface area (Å²) in [6.07, 6.45) is 121. The molecular formula is C99H201O4P. The third kappa shape index (κ3) is 84.6. The van der Waals surface area contributed by atoms with Crippen LogP contribution in [0.1, 0.15) is 619 Å². The number of phosphoric acid groups is 1. The molecule has 0 amide bonds. The molecule has 0 aromatic carbocycles. The van der Waals surface area contributed by atoms with E-state index in [2.05, 4.69) is 41.5 Å². The Hall–Kier alpha value is 0.110. The summed E-state index contributed by atoms with van der Waals surface area (Å²) in [6, 6.07) is 0. The first-order valence-electron chi connectivity index (χ1n) is 50.1. The molecule has 5 heteroatoms. The standard InChI is InChI=1S/C99H201O4P/c1-7-13-19-25-31-37-43-49-55-61-67-73-79-85-91-97(92-86-80-74-68-62-56-50-44-38-32-26-20-14-8-2)101-104(100,102-98(93-87-81-75-69-63-57-51-45-39-33-27-21-15-9-3)94-88-82-76-70-64-58-52-46-40-34-28-22-16-10-4)103-99(95-89-83-77-71-65-59-53-47-41-35-29-23-17-11-5)96-90-84-78-72-66-60-54-48-42-36-30-24-18-12-6/h97-99H,7-96H2,1-6H3. The van der Waals surface area contributed by atoms with E-state index in [9.17, 15) is 0 Å². The Balaban J connectivity index is 6.68. The van der Waals surface area contributed by atoms with Gasteiger partial charge in [0.2, 0.25) is 0 Å². The normalized spacial score (nSPS) is 12.2. The van der Waals surface area contributed by atoms with Crippen LogP contribution in [0.2, 0.25) is 0 Å². The molecule has 0 rings (SSSR count). The van der Waals surface area contributed by atoms with Crippen LogP contribution in [0.5, 0.6) is 0 Å². The minimum Gasteiger partial charge on any atom is -0.284 e. The minimum absolute atomic E-state index is 0.0685. The second-order valence-electron chi connectivity index (χ2n) is 34.9. The molecule has 0 aliphatic rings. The van der Waals surface area contributed by atoms with Gasteiger partial charge in [-0.1, -0.05) is 581 Å². The van der Waals surface area contributed by atoms with Crippen molar-refractivity contribution in [1.82, 2.24) is 0 Å². The monoisotopic (exact) mass is 1490 g/mol. The maximum absolute atomic E-state index is 16.5. The molecule has 0 aromatic rings. The van der Waals surface area contributed by atoms with E-state index in [1.807, 2.05) is 0 Å². The highest BCUT2D eigenvalue weighted by atomic mass is 31.2. The molecule has 0 saturated carbocycles. The van der Waals surface area contributed by atoms with Crippen LogP contribution >= 0.6 is 7.82 Å². The van der Waals surface area contributed by atoms with Crippen molar-refractivity contribution in [2.24, 2.45) is 0 Å². The van der Waals surface area contributed by atoms with Gasteiger partial charge >= 0.3 is 7.82 Å². The second kappa shape index (κ2) is 92.0. The first-order valence-corrected chi connectivity index (χ1v) is 51.6. The van der Waals surface area contributed by atoms with Gasteiger partial charge in [-0.25, -0.2) is 4.57 Å². The van der Waals surface area contributed by atoms with Crippen LogP contribution < -0.4 is 0 Å². The number of phosphoric ester groups is 1. The summed E-state index contributed by atoms with van der Waals surface area (Å²) in [6.45, 7) is 14.0. The lowest BCUT2D eigenvalue weighted by Gasteiger charge is -2.31. The molecule has 0 aromatic heterocycles. The first-order chi connectivity index (χ1) is 51.5. The van der Waals surface area contributed by atoms with E-state index >= 15 is 4.57 Å². The van der Waals surface area contributed by atoms with E-state index in [1.54, 1.807) is 0 Å². The SMILES string of the molecule is CCCCCCCCCCCCCCCCC(CCCCCCCCCCCCCCCC)OP(=O)(OC(CCCCCCCCCCCCCCCC)CCCCCCCCCCCCCCCC)OC(CCCCCCCCCCCCCCCC)CCCCCCCCCCCCCCCC. The average Bonchev–Trinajstić information content (AvgIpc) is 0.844. The Morgan fingerprint density at radius 3 is 0.298 bits per heavy atom. The third-order valence-corrected chi connectivity index (χ3v) is 25.8. The molecule has 0 heterocycles. The Kier molecular flexibility index (Phi) is 92.1. The molecule has 0 bridgehead atoms. The lowest BCUT2D eigenvalue weighted by Crippen LogP contribution is -2.22. The molecule has 0 fully saturated rings. The van der Waals surface area contributed by atoms with Gasteiger partial charge in [0.15, 0.2) is 0 Å². The fourth-order valence-corrected chi connectivity index (χ4v) is 18.6. The van der Waals surface area contributed by atoms with Crippen LogP contribution in [0, 0.1) is 0 Å². The molecule has 0 aliphatic carbocycles. The van der Waals surface area contributed by atoms with E-state index < -0.39 is 7.82 Å². The second-order valence-corrected chi connectivity index (χ2v) is 36.5. The lowest BCUT2D eigenvalue weighted by molar-refractivity contribution is 0.0155. The van der Waals surface area contributed by atoms with Crippen molar-refractivity contribution >= 4 is 7.82 Å². The Labute approximate surface area is 659 Å². The van der Waals surface area contributed by atoms with Gasteiger partial charge in [-0.15, -0.1) is 0 Å². The summed E-state index contributed by atoms with van der Waals surface area (Å²) in [5.74, 6) is 0. The molecule has 0 aliphatic heterocycles. The predicted molar refractivity (Wildman–Crippen MR) is 472 cm³/mol. The van der Waals surface area contributed by atoms with E-state index in [0.717, 1.165) is 77.0 Å². The van der Waals surface area contributed by atoms with E-state index in [-0.39, 0.29) is 18.3 Å². The van der Waals surface area contributed by atoms with Gasteiger partial charge in [-0.3, -0.25) is 13.6 Å². The Morgan fingerprint density at radius 2 is 0.212 bits per heavy atom. The minimum atomic E-state index is -3.92. The molecule has 0 radical (unpaired) electrons. The van der Waals surface area contributed by atoms with Gasteiger partial charge in [-0.05, 0) is 38.5 Å². The van der Waals surface area contributed by atoms with Crippen molar-refractivity contribution in [2.75, 3.05) is 0 Å². The molecule has 0 spiro atoms. The van der Waals surface area contributed by atoms with Crippen molar-refractivity contribution in [3.05, 3.63) is 0 Å². The van der Waals surface area contributed by atoms with Crippen LogP contribution in [-0.2, 0) is 18.1 Å². The lowest BCUT2D eigenvalue weighted by atomic mass is 10.0. The molecular weight excluding hydrogens is 1280 g/mol. The molecule has 0 saturated heterocycles. The van der Waals surface area contributed by atoms with Gasteiger partial charge in [-0.2, -0.15) is 0 Å². The first kappa shape index (κ1) is 104. The van der Waals surface area contributed by atoms with Crippen LogP contribution in [0.25, 0.3) is 0 Å². The molecule has 0 atom stereocenters. The van der Waals surface area contributed by atoms with Crippen LogP contribution in [-0.4, -0.2) is 18.3 Å². The van der Waals surface area contributed by atoms with Gasteiger partial charge in [0.25, 0.3) is 0 Å². The van der Waals surface area contributed by atoms with Crippen molar-refractivity contribution in [3.8, 4) is 0 Å². The zero-order valence-corrected chi connectivity index (χ0v) is 74.3. The highest BCUT2D eigenvalue weighted by Crippen LogP contribution is 2.56. The van der Waals surface area contributed by atoms with Crippen LogP contribution in [0.4, 0.5) is 0 Å². The Bertz CT molecular complexity index is 1280. The van der Waals surface area contributed by atoms with E-state index in [4.69, 9.17) is 13.6 Å². The zero-order chi connectivity index (χ0) is 75.0. The zero-order valence-electron chi connectivity index (χ0n) is 73.5. The summed E-state index contributed by atoms with van der Waals surface area (Å²) in [4.78, 5) is 0. The largest absolute Gasteiger partial charge is 0.475 e. The third-order valence-electron chi connectivity index (χ3n) is 24.1. The fourth-order valence-electron chi connectivity index (χ4n) is 16.8. The topological polar surface area (TPSA) is 44.8 Å². The van der Waals surface area contributed by atoms with Crippen molar-refractivity contribution < 1.29 is 18.1 Å². The van der Waals surface area contributed by atoms with Crippen LogP contribution in [0.15, 0.2) is 0 Å². The van der Waals surface area contributed by atoms with Gasteiger partial charge < -0.3 is 0 Å². The molecule has 4 nitrogen and oxygen atoms in total. The number of unbranched alkanes of at least 4 members (excludes halogenated alkanes) is 78. The summed E-state index contributed by atoms with van der Waals surface area (Å²) in [7, 11) is -3.92. The summed E-state index contributed by atoms with van der Waals surface area (Å²) >= 11 is 0. The van der Waals surface area contributed by atoms with Gasteiger partial charge in [0.1, 0.15) is 0 Å². The average molecular weight is 1490 g/mol. The maximum Gasteiger partial charge on any atom is 0.475 e. The Morgan fingerprint density at radius 1 is 0.135 bits per heavy atom. The summed E-state index contributed by atoms with van der Waals surface area (Å²) in [5, 5.41) is 0. The number of hydrogen-bond acceptors (Lipinski definition) is 4. The molecule has 104 heavy (non-hydrogen) atoms. The van der Waals surface area contributed by atoms with E-state index in [1.165, 1.54) is 501 Å². The molecule has 626 valence electrons. The van der Waals surface area contributed by atoms with E-state index in [0.29, 0.717) is 0 Å². The molecule has 0 N–H and O–H groups in total. The highest BCUT2D eigenvalue weighted by Gasteiger charge is 2.37. The molecule has 0 unspecified atom stereocenters. The summed E-state index contributed by atoms with van der Waals surface area (Å²) in [5.41, 5.74) is 0. The predicted octanol–water partition coefficient (Wildman–Crippen LogP) is 38.5. The van der Waals surface area contributed by atoms with Crippen molar-refractivity contribution in [1.29, 1.82) is 0 Å². The maximum atomic E-state index is 16.5. The number of hydrogen-bond donors (Lipinski definition) is 0. The quantitative estimate of drug-likeness (QED) is 0.0450. The van der Waals surface area contributed by atoms with Crippen molar-refractivity contribution in [2.45, 2.75) is 638 Å². The van der Waals surface area contributed by atoms with Crippen LogP contribution in [0.3, 0.4) is 0 Å². The smallest absolute Gasteiger partial charge is 0.284 e. The number of rotatable bonds is 96. The fraction of sp³-hybridized carbons (Fsp3) is 1.00. The summed E-state index contributed by atoms with van der Waals surface area (Å²) < 4.78 is 38.5. The highest BCUT2D eigenvalue weighted by molar-refractivity contribution is 7.48. The van der Waals surface area contributed by atoms with Gasteiger partial charge in [0, 0.05) is 0 Å².